The molecular weight excluding hydrogens is 403 g/mol. The van der Waals surface area contributed by atoms with Crippen LogP contribution in [-0.4, -0.2) is 44.7 Å². The van der Waals surface area contributed by atoms with Gasteiger partial charge < -0.3 is 20.7 Å². The minimum Gasteiger partial charge on any atom is -0.494 e. The first kappa shape index (κ1) is 21.7. The summed E-state index contributed by atoms with van der Waals surface area (Å²) in [5.74, 6) is 1.33. The van der Waals surface area contributed by atoms with Crippen LogP contribution < -0.4 is 15.8 Å². The van der Waals surface area contributed by atoms with Gasteiger partial charge in [0, 0.05) is 13.1 Å². The Kier molecular flexibility index (Phi) is 11.5. The van der Waals surface area contributed by atoms with Crippen LogP contribution in [0.2, 0.25) is 0 Å². The molecule has 0 aliphatic heterocycles. The smallest absolute Gasteiger partial charge is 0.189 e. The average Bonchev–Trinajstić information content (AvgIpc) is 2.48. The molecule has 0 saturated heterocycles. The zero-order chi connectivity index (χ0) is 16.4. The molecule has 6 heteroatoms. The summed E-state index contributed by atoms with van der Waals surface area (Å²) in [6.07, 6.45) is 1.02. The molecule has 0 aromatic heterocycles. The number of hydrogen-bond acceptors (Lipinski definition) is 3. The predicted molar refractivity (Wildman–Crippen MR) is 109 cm³/mol. The first-order valence-corrected chi connectivity index (χ1v) is 7.52. The molecule has 3 N–H and O–H groups in total. The van der Waals surface area contributed by atoms with E-state index < -0.39 is 0 Å². The number of halogens is 1. The SMILES string of the molecule is C=C(C)CNC(N)=NCc1ccc(OCCCN(C)C)cc1.I. The number of nitrogens with one attached hydrogen (secondary N) is 1. The molecule has 1 aromatic carbocycles. The van der Waals surface area contributed by atoms with Crippen molar-refractivity contribution in [1.82, 2.24) is 10.2 Å². The van der Waals surface area contributed by atoms with E-state index >= 15 is 0 Å². The molecule has 1 rings (SSSR count). The number of benzene rings is 1. The summed E-state index contributed by atoms with van der Waals surface area (Å²) in [5.41, 5.74) is 7.89. The largest absolute Gasteiger partial charge is 0.494 e. The van der Waals surface area contributed by atoms with Crippen molar-refractivity contribution in [2.24, 2.45) is 10.7 Å². The number of guanidine groups is 1. The van der Waals surface area contributed by atoms with Gasteiger partial charge in [0.15, 0.2) is 5.96 Å². The highest BCUT2D eigenvalue weighted by Gasteiger charge is 1.97. The van der Waals surface area contributed by atoms with Crippen molar-refractivity contribution in [2.75, 3.05) is 33.8 Å². The lowest BCUT2D eigenvalue weighted by molar-refractivity contribution is 0.281. The Morgan fingerprint density at radius 1 is 1.30 bits per heavy atom. The Hall–Kier alpha value is -1.28. The number of rotatable bonds is 9. The first-order valence-electron chi connectivity index (χ1n) is 7.52. The second kappa shape index (κ2) is 12.2. The summed E-state index contributed by atoms with van der Waals surface area (Å²) in [6.45, 7) is 8.71. The third-order valence-corrected chi connectivity index (χ3v) is 2.95. The van der Waals surface area contributed by atoms with Crippen molar-refractivity contribution in [3.05, 3.63) is 42.0 Å². The van der Waals surface area contributed by atoms with E-state index in [0.717, 1.165) is 36.5 Å². The fourth-order valence-corrected chi connectivity index (χ4v) is 1.74. The highest BCUT2D eigenvalue weighted by molar-refractivity contribution is 14.0. The molecule has 0 amide bonds. The van der Waals surface area contributed by atoms with Gasteiger partial charge in [-0.05, 0) is 45.1 Å². The minimum absolute atomic E-state index is 0. The van der Waals surface area contributed by atoms with E-state index in [1.165, 1.54) is 0 Å². The molecule has 1 aromatic rings. The van der Waals surface area contributed by atoms with Crippen LogP contribution in [-0.2, 0) is 6.54 Å². The standard InChI is InChI=1S/C17H28N4O.HI/c1-14(2)12-19-17(18)20-13-15-6-8-16(9-7-15)22-11-5-10-21(3)4;/h6-9H,1,5,10-13H2,2-4H3,(H3,18,19,20);1H. The van der Waals surface area contributed by atoms with Crippen molar-refractivity contribution in [1.29, 1.82) is 0 Å². The van der Waals surface area contributed by atoms with Gasteiger partial charge in [-0.1, -0.05) is 24.3 Å². The van der Waals surface area contributed by atoms with Crippen molar-refractivity contribution >= 4 is 29.9 Å². The van der Waals surface area contributed by atoms with Gasteiger partial charge in [-0.2, -0.15) is 0 Å². The van der Waals surface area contributed by atoms with E-state index in [1.807, 2.05) is 31.2 Å². The molecule has 0 saturated carbocycles. The molecule has 5 nitrogen and oxygen atoms in total. The molecule has 0 radical (unpaired) electrons. The Labute approximate surface area is 157 Å². The second-order valence-electron chi connectivity index (χ2n) is 5.66. The lowest BCUT2D eigenvalue weighted by Gasteiger charge is -2.10. The van der Waals surface area contributed by atoms with Crippen molar-refractivity contribution < 1.29 is 4.74 Å². The quantitative estimate of drug-likeness (QED) is 0.207. The summed E-state index contributed by atoms with van der Waals surface area (Å²) in [7, 11) is 4.12. The summed E-state index contributed by atoms with van der Waals surface area (Å²) < 4.78 is 5.69. The monoisotopic (exact) mass is 432 g/mol. The summed E-state index contributed by atoms with van der Waals surface area (Å²) in [5, 5.41) is 3.01. The number of aliphatic imine (C=N–C) groups is 1. The van der Waals surface area contributed by atoms with Gasteiger partial charge in [0.2, 0.25) is 0 Å². The van der Waals surface area contributed by atoms with E-state index in [2.05, 4.69) is 35.9 Å². The number of nitrogens with zero attached hydrogens (tertiary/aromatic N) is 2. The van der Waals surface area contributed by atoms with E-state index in [1.54, 1.807) is 0 Å². The third kappa shape index (κ3) is 11.0. The van der Waals surface area contributed by atoms with E-state index in [9.17, 15) is 0 Å². The van der Waals surface area contributed by atoms with Gasteiger partial charge in [-0.15, -0.1) is 24.0 Å². The maximum absolute atomic E-state index is 5.77. The van der Waals surface area contributed by atoms with Crippen molar-refractivity contribution in [3.8, 4) is 5.75 Å². The van der Waals surface area contributed by atoms with Crippen LogP contribution >= 0.6 is 24.0 Å². The molecule has 23 heavy (non-hydrogen) atoms. The van der Waals surface area contributed by atoms with Crippen LogP contribution in [0.1, 0.15) is 18.9 Å². The lowest BCUT2D eigenvalue weighted by atomic mass is 10.2. The van der Waals surface area contributed by atoms with Gasteiger partial charge in [0.25, 0.3) is 0 Å². The van der Waals surface area contributed by atoms with E-state index in [4.69, 9.17) is 10.5 Å². The summed E-state index contributed by atoms with van der Waals surface area (Å²) in [4.78, 5) is 6.44. The van der Waals surface area contributed by atoms with E-state index in [-0.39, 0.29) is 24.0 Å². The molecule has 0 fully saturated rings. The Balaban J connectivity index is 0.00000484. The summed E-state index contributed by atoms with van der Waals surface area (Å²) >= 11 is 0. The highest BCUT2D eigenvalue weighted by atomic mass is 127. The van der Waals surface area contributed by atoms with Gasteiger partial charge in [0.1, 0.15) is 5.75 Å². The van der Waals surface area contributed by atoms with Crippen LogP contribution in [0.25, 0.3) is 0 Å². The van der Waals surface area contributed by atoms with E-state index in [0.29, 0.717) is 19.0 Å². The first-order chi connectivity index (χ1) is 10.5. The number of nitrogens with two attached hydrogens (primary N) is 1. The van der Waals surface area contributed by atoms with Gasteiger partial charge >= 0.3 is 0 Å². The fraction of sp³-hybridized carbons (Fsp3) is 0.471. The Morgan fingerprint density at radius 2 is 1.96 bits per heavy atom. The Bertz CT molecular complexity index is 486. The highest BCUT2D eigenvalue weighted by Crippen LogP contribution is 2.13. The molecule has 0 aliphatic carbocycles. The third-order valence-electron chi connectivity index (χ3n) is 2.95. The number of ether oxygens (including phenoxy) is 1. The molecular formula is C17H29IN4O. The molecule has 0 unspecified atom stereocenters. The zero-order valence-corrected chi connectivity index (χ0v) is 16.7. The predicted octanol–water partition coefficient (Wildman–Crippen LogP) is 2.62. The van der Waals surface area contributed by atoms with Gasteiger partial charge in [0.05, 0.1) is 13.2 Å². The van der Waals surface area contributed by atoms with Crippen molar-refractivity contribution in [3.63, 3.8) is 0 Å². The lowest BCUT2D eigenvalue weighted by Crippen LogP contribution is -2.32. The molecule has 130 valence electrons. The van der Waals surface area contributed by atoms with Crippen LogP contribution in [0, 0.1) is 0 Å². The van der Waals surface area contributed by atoms with Crippen LogP contribution in [0.4, 0.5) is 0 Å². The average molecular weight is 432 g/mol. The second-order valence-corrected chi connectivity index (χ2v) is 5.66. The molecule has 0 aliphatic rings. The van der Waals surface area contributed by atoms with Gasteiger partial charge in [-0.25, -0.2) is 4.99 Å². The van der Waals surface area contributed by atoms with Crippen LogP contribution in [0.15, 0.2) is 41.4 Å². The molecule has 0 heterocycles. The Morgan fingerprint density at radius 3 is 2.52 bits per heavy atom. The number of hydrogen-bond donors (Lipinski definition) is 2. The van der Waals surface area contributed by atoms with Crippen LogP contribution in [0.5, 0.6) is 5.75 Å². The van der Waals surface area contributed by atoms with Crippen molar-refractivity contribution in [2.45, 2.75) is 19.9 Å². The fourth-order valence-electron chi connectivity index (χ4n) is 1.74. The maximum atomic E-state index is 5.77. The van der Waals surface area contributed by atoms with Gasteiger partial charge in [-0.3, -0.25) is 0 Å². The van der Waals surface area contributed by atoms with Crippen LogP contribution in [0.3, 0.4) is 0 Å². The zero-order valence-electron chi connectivity index (χ0n) is 14.3. The minimum atomic E-state index is 0. The maximum Gasteiger partial charge on any atom is 0.189 e. The molecule has 0 atom stereocenters. The topological polar surface area (TPSA) is 62.9 Å². The molecule has 0 spiro atoms. The summed E-state index contributed by atoms with van der Waals surface area (Å²) in [6, 6.07) is 7.96. The normalized spacial score (nSPS) is 11.0. The molecule has 0 bridgehead atoms.